The number of carbonyl (C=O) groups excluding carboxylic acids is 1. The third-order valence-corrected chi connectivity index (χ3v) is 2.89. The van der Waals surface area contributed by atoms with Crippen LogP contribution in [0.1, 0.15) is 5.69 Å². The zero-order chi connectivity index (χ0) is 13.7. The summed E-state index contributed by atoms with van der Waals surface area (Å²) in [5.74, 6) is -0.180. The van der Waals surface area contributed by atoms with Crippen molar-refractivity contribution in [3.63, 3.8) is 0 Å². The molecule has 0 unspecified atom stereocenters. The van der Waals surface area contributed by atoms with Crippen molar-refractivity contribution in [2.24, 2.45) is 0 Å². The van der Waals surface area contributed by atoms with Crippen molar-refractivity contribution >= 4 is 16.8 Å². The van der Waals surface area contributed by atoms with Gasteiger partial charge in [0.05, 0.1) is 13.2 Å². The number of nitrogens with zero attached hydrogens (tertiary/aromatic N) is 1. The van der Waals surface area contributed by atoms with Gasteiger partial charge in [-0.05, 0) is 24.4 Å². The third-order valence-electron chi connectivity index (χ3n) is 2.89. The molecule has 0 atom stereocenters. The Morgan fingerprint density at radius 3 is 2.89 bits per heavy atom. The third kappa shape index (κ3) is 3.33. The van der Waals surface area contributed by atoms with E-state index in [2.05, 4.69) is 11.5 Å². The maximum absolute atomic E-state index is 11.8. The van der Waals surface area contributed by atoms with Gasteiger partial charge in [-0.3, -0.25) is 9.63 Å². The maximum atomic E-state index is 11.8. The molecule has 0 saturated carbocycles. The molecular formula is C14H18N2O3. The van der Waals surface area contributed by atoms with Crippen LogP contribution in [0.5, 0.6) is 0 Å². The van der Waals surface area contributed by atoms with Crippen LogP contribution in [0.15, 0.2) is 30.3 Å². The van der Waals surface area contributed by atoms with E-state index < -0.39 is 0 Å². The molecule has 1 aromatic carbocycles. The number of amides is 1. The number of nitrogens with one attached hydrogen (secondary N) is 1. The lowest BCUT2D eigenvalue weighted by atomic mass is 10.2. The number of para-hydroxylation sites is 1. The van der Waals surface area contributed by atoms with Gasteiger partial charge in [0, 0.05) is 18.3 Å². The van der Waals surface area contributed by atoms with Crippen LogP contribution in [0.25, 0.3) is 10.9 Å². The largest absolute Gasteiger partial charge is 0.382 e. The zero-order valence-electron chi connectivity index (χ0n) is 11.2. The number of benzene rings is 1. The Labute approximate surface area is 112 Å². The van der Waals surface area contributed by atoms with E-state index in [1.165, 1.54) is 0 Å². The highest BCUT2D eigenvalue weighted by atomic mass is 16.7. The summed E-state index contributed by atoms with van der Waals surface area (Å²) in [7, 11) is 1.58. The van der Waals surface area contributed by atoms with E-state index in [1.54, 1.807) is 7.11 Å². The zero-order valence-corrected chi connectivity index (χ0v) is 11.2. The molecular weight excluding hydrogens is 244 g/mol. The molecule has 0 aliphatic rings. The average molecular weight is 262 g/mol. The number of fused-ring (bicyclic) bond motifs is 1. The van der Waals surface area contributed by atoms with Crippen LogP contribution in [0.3, 0.4) is 0 Å². The van der Waals surface area contributed by atoms with Crippen LogP contribution < -0.4 is 5.48 Å². The molecule has 1 N–H and O–H groups in total. The summed E-state index contributed by atoms with van der Waals surface area (Å²) in [6, 6.07) is 10.0. The second-order valence-electron chi connectivity index (χ2n) is 4.30. The molecule has 0 fully saturated rings. The van der Waals surface area contributed by atoms with Gasteiger partial charge in [-0.15, -0.1) is 0 Å². The molecule has 0 aliphatic carbocycles. The Bertz CT molecular complexity index is 563. The second-order valence-corrected chi connectivity index (χ2v) is 4.30. The van der Waals surface area contributed by atoms with Crippen LogP contribution >= 0.6 is 0 Å². The van der Waals surface area contributed by atoms with Gasteiger partial charge < -0.3 is 9.30 Å². The minimum atomic E-state index is -0.180. The summed E-state index contributed by atoms with van der Waals surface area (Å²) < 4.78 is 6.79. The molecule has 19 heavy (non-hydrogen) atoms. The summed E-state index contributed by atoms with van der Waals surface area (Å²) in [5.41, 5.74) is 4.51. The molecule has 1 amide bonds. The molecule has 0 saturated heterocycles. The van der Waals surface area contributed by atoms with E-state index in [9.17, 15) is 4.79 Å². The fraction of sp³-hybridized carbons (Fsp3) is 0.357. The predicted molar refractivity (Wildman–Crippen MR) is 72.6 cm³/mol. The van der Waals surface area contributed by atoms with Gasteiger partial charge in [0.2, 0.25) is 0 Å². The minimum Gasteiger partial charge on any atom is -0.382 e. The van der Waals surface area contributed by atoms with Crippen molar-refractivity contribution < 1.29 is 14.4 Å². The number of hydrogen-bond donors (Lipinski definition) is 1. The summed E-state index contributed by atoms with van der Waals surface area (Å²) in [6.45, 7) is 3.02. The van der Waals surface area contributed by atoms with E-state index in [0.717, 1.165) is 16.6 Å². The van der Waals surface area contributed by atoms with Crippen molar-refractivity contribution in [3.05, 3.63) is 36.0 Å². The second kappa shape index (κ2) is 6.36. The molecule has 2 rings (SSSR count). The highest BCUT2D eigenvalue weighted by Gasteiger charge is 2.09. The van der Waals surface area contributed by atoms with Gasteiger partial charge in [0.15, 0.2) is 0 Å². The lowest BCUT2D eigenvalue weighted by Gasteiger charge is -2.09. The lowest BCUT2D eigenvalue weighted by molar-refractivity contribution is -0.135. The smallest absolute Gasteiger partial charge is 0.263 e. The molecule has 5 nitrogen and oxygen atoms in total. The van der Waals surface area contributed by atoms with Crippen molar-refractivity contribution in [2.75, 3.05) is 20.3 Å². The van der Waals surface area contributed by atoms with Crippen LogP contribution in [-0.4, -0.2) is 30.8 Å². The molecule has 5 heteroatoms. The van der Waals surface area contributed by atoms with Crippen LogP contribution in [0.4, 0.5) is 0 Å². The molecule has 0 spiro atoms. The van der Waals surface area contributed by atoms with Gasteiger partial charge in [0.25, 0.3) is 5.91 Å². The molecule has 1 aromatic heterocycles. The fourth-order valence-corrected chi connectivity index (χ4v) is 1.99. The molecule has 0 radical (unpaired) electrons. The Balaban J connectivity index is 2.00. The van der Waals surface area contributed by atoms with E-state index in [0.29, 0.717) is 13.2 Å². The first-order chi connectivity index (χ1) is 9.22. The number of carbonyl (C=O) groups is 1. The maximum Gasteiger partial charge on any atom is 0.263 e. The molecule has 102 valence electrons. The number of aryl methyl sites for hydroxylation is 1. The summed E-state index contributed by atoms with van der Waals surface area (Å²) in [6.07, 6.45) is 0. The van der Waals surface area contributed by atoms with Gasteiger partial charge in [0.1, 0.15) is 6.54 Å². The minimum absolute atomic E-state index is 0.180. The SMILES string of the molecule is COCCONC(=O)Cn1c(C)cc2ccccc21. The van der Waals surface area contributed by atoms with Crippen molar-refractivity contribution in [1.29, 1.82) is 0 Å². The first-order valence-electron chi connectivity index (χ1n) is 6.17. The molecule has 1 heterocycles. The van der Waals surface area contributed by atoms with E-state index in [-0.39, 0.29) is 12.5 Å². The first kappa shape index (κ1) is 13.6. The Hall–Kier alpha value is -1.85. The Kier molecular flexibility index (Phi) is 4.54. The van der Waals surface area contributed by atoms with E-state index in [4.69, 9.17) is 9.57 Å². The van der Waals surface area contributed by atoms with Crippen LogP contribution in [0, 0.1) is 6.92 Å². The van der Waals surface area contributed by atoms with E-state index in [1.807, 2.05) is 35.8 Å². The first-order valence-corrected chi connectivity index (χ1v) is 6.17. The highest BCUT2D eigenvalue weighted by Crippen LogP contribution is 2.18. The van der Waals surface area contributed by atoms with Crippen LogP contribution in [-0.2, 0) is 20.9 Å². The summed E-state index contributed by atoms with van der Waals surface area (Å²) in [5, 5.41) is 1.13. The van der Waals surface area contributed by atoms with Gasteiger partial charge in [-0.1, -0.05) is 18.2 Å². The molecule has 0 aliphatic heterocycles. The Morgan fingerprint density at radius 1 is 1.32 bits per heavy atom. The van der Waals surface area contributed by atoms with Gasteiger partial charge >= 0.3 is 0 Å². The van der Waals surface area contributed by atoms with Gasteiger partial charge in [-0.25, -0.2) is 5.48 Å². The number of ether oxygens (including phenoxy) is 1. The van der Waals surface area contributed by atoms with Gasteiger partial charge in [-0.2, -0.15) is 0 Å². The normalized spacial score (nSPS) is 10.8. The standard InChI is InChI=1S/C14H18N2O3/c1-11-9-12-5-3-4-6-13(12)16(11)10-14(17)15-19-8-7-18-2/h3-6,9H,7-8,10H2,1-2H3,(H,15,17). The van der Waals surface area contributed by atoms with Crippen molar-refractivity contribution in [2.45, 2.75) is 13.5 Å². The fourth-order valence-electron chi connectivity index (χ4n) is 1.99. The number of hydrogen-bond acceptors (Lipinski definition) is 3. The molecule has 2 aromatic rings. The van der Waals surface area contributed by atoms with Crippen molar-refractivity contribution in [3.8, 4) is 0 Å². The molecule has 0 bridgehead atoms. The van der Waals surface area contributed by atoms with Crippen LogP contribution in [0.2, 0.25) is 0 Å². The van der Waals surface area contributed by atoms with Crippen molar-refractivity contribution in [1.82, 2.24) is 10.0 Å². The highest BCUT2D eigenvalue weighted by molar-refractivity contribution is 5.84. The lowest BCUT2D eigenvalue weighted by Crippen LogP contribution is -2.29. The van der Waals surface area contributed by atoms with E-state index >= 15 is 0 Å². The average Bonchev–Trinajstić information content (AvgIpc) is 2.72. The summed E-state index contributed by atoms with van der Waals surface area (Å²) in [4.78, 5) is 16.8. The number of rotatable bonds is 6. The summed E-state index contributed by atoms with van der Waals surface area (Å²) >= 11 is 0. The monoisotopic (exact) mass is 262 g/mol. The quantitative estimate of drug-likeness (QED) is 0.636. The topological polar surface area (TPSA) is 52.5 Å². The number of aromatic nitrogens is 1. The number of methoxy groups -OCH3 is 1. The Morgan fingerprint density at radius 2 is 2.11 bits per heavy atom. The predicted octanol–water partition coefficient (Wildman–Crippen LogP) is 1.64. The number of hydroxylamine groups is 1.